The van der Waals surface area contributed by atoms with Crippen molar-refractivity contribution in [3.63, 3.8) is 0 Å². The van der Waals surface area contributed by atoms with Crippen LogP contribution in [0, 0.1) is 0 Å². The van der Waals surface area contributed by atoms with Crippen molar-refractivity contribution in [2.45, 2.75) is 25.8 Å². The topological polar surface area (TPSA) is 55.6 Å². The molecule has 0 radical (unpaired) electrons. The molecule has 1 atom stereocenters. The van der Waals surface area contributed by atoms with E-state index in [-0.39, 0.29) is 12.0 Å². The van der Waals surface area contributed by atoms with E-state index < -0.39 is 0 Å². The maximum atomic E-state index is 10.8. The first-order valence-electron chi connectivity index (χ1n) is 4.55. The molecule has 14 heavy (non-hydrogen) atoms. The van der Waals surface area contributed by atoms with Crippen LogP contribution in [0.3, 0.4) is 0 Å². The van der Waals surface area contributed by atoms with Gasteiger partial charge in [0.25, 0.3) is 0 Å². The fourth-order valence-corrected chi connectivity index (χ4v) is 1.17. The van der Waals surface area contributed by atoms with Crippen LogP contribution in [0.1, 0.15) is 19.8 Å². The fourth-order valence-electron chi connectivity index (χ4n) is 0.986. The molecule has 0 saturated heterocycles. The first kappa shape index (κ1) is 13.3. The number of thiocarbonyl (C=S) groups is 1. The van der Waals surface area contributed by atoms with Gasteiger partial charge in [0, 0.05) is 6.42 Å². The van der Waals surface area contributed by atoms with Gasteiger partial charge in [-0.25, -0.2) is 0 Å². The third-order valence-electron chi connectivity index (χ3n) is 2.19. The number of hydrogen-bond donors (Lipinski definition) is 1. The second-order valence-electron chi connectivity index (χ2n) is 3.24. The number of esters is 1. The lowest BCUT2D eigenvalue weighted by molar-refractivity contribution is -0.140. The first-order valence-corrected chi connectivity index (χ1v) is 4.96. The highest BCUT2D eigenvalue weighted by molar-refractivity contribution is 7.80. The molecule has 5 heteroatoms. The van der Waals surface area contributed by atoms with Gasteiger partial charge in [-0.05, 0) is 26.9 Å². The van der Waals surface area contributed by atoms with Crippen molar-refractivity contribution >= 4 is 23.2 Å². The van der Waals surface area contributed by atoms with Crippen molar-refractivity contribution in [2.24, 2.45) is 5.73 Å². The molecule has 2 N–H and O–H groups in total. The summed E-state index contributed by atoms with van der Waals surface area (Å²) in [5.74, 6) is -0.179. The van der Waals surface area contributed by atoms with E-state index in [1.165, 1.54) is 7.11 Å². The normalized spacial score (nSPS) is 12.6. The highest BCUT2D eigenvalue weighted by atomic mass is 32.1. The van der Waals surface area contributed by atoms with Crippen LogP contribution < -0.4 is 5.73 Å². The molecule has 0 aromatic heterocycles. The zero-order chi connectivity index (χ0) is 11.1. The molecule has 82 valence electrons. The number of nitrogens with two attached hydrogens (primary N) is 1. The van der Waals surface area contributed by atoms with Gasteiger partial charge in [0.1, 0.15) is 0 Å². The standard InChI is InChI=1S/C9H18N2O2S/c1-7(9(10)14)11(2)6-4-5-8(12)13-3/h7H,4-6H2,1-3H3,(H2,10,14). The molecule has 0 aliphatic rings. The number of likely N-dealkylation sites (N-methyl/N-ethyl adjacent to an activating group) is 1. The van der Waals surface area contributed by atoms with Gasteiger partial charge in [-0.3, -0.25) is 9.69 Å². The molecule has 0 heterocycles. The van der Waals surface area contributed by atoms with Crippen molar-refractivity contribution in [2.75, 3.05) is 20.7 Å². The number of methoxy groups -OCH3 is 1. The van der Waals surface area contributed by atoms with Gasteiger partial charge < -0.3 is 10.5 Å². The third-order valence-corrected chi connectivity index (χ3v) is 2.53. The van der Waals surface area contributed by atoms with E-state index in [1.54, 1.807) is 0 Å². The molecular formula is C9H18N2O2S. The van der Waals surface area contributed by atoms with Crippen LogP contribution in [0.5, 0.6) is 0 Å². The molecule has 1 unspecified atom stereocenters. The van der Waals surface area contributed by atoms with Gasteiger partial charge >= 0.3 is 5.97 Å². The van der Waals surface area contributed by atoms with E-state index in [2.05, 4.69) is 4.74 Å². The summed E-state index contributed by atoms with van der Waals surface area (Å²) in [5.41, 5.74) is 5.49. The number of ether oxygens (including phenoxy) is 1. The van der Waals surface area contributed by atoms with Gasteiger partial charge in [0.05, 0.1) is 18.1 Å². The Morgan fingerprint density at radius 1 is 1.64 bits per heavy atom. The summed E-state index contributed by atoms with van der Waals surface area (Å²) in [7, 11) is 3.32. The van der Waals surface area contributed by atoms with Gasteiger partial charge in [0.2, 0.25) is 0 Å². The summed E-state index contributed by atoms with van der Waals surface area (Å²) < 4.78 is 4.53. The van der Waals surface area contributed by atoms with Gasteiger partial charge in [-0.2, -0.15) is 0 Å². The van der Waals surface area contributed by atoms with Crippen LogP contribution in [0.2, 0.25) is 0 Å². The monoisotopic (exact) mass is 218 g/mol. The molecule has 0 spiro atoms. The SMILES string of the molecule is COC(=O)CCCN(C)C(C)C(N)=S. The second kappa shape index (κ2) is 6.73. The van der Waals surface area contributed by atoms with Crippen molar-refractivity contribution in [3.8, 4) is 0 Å². The summed E-state index contributed by atoms with van der Waals surface area (Å²) in [5, 5.41) is 0. The van der Waals surface area contributed by atoms with Crippen LogP contribution in [0.15, 0.2) is 0 Å². The molecule has 0 amide bonds. The summed E-state index contributed by atoms with van der Waals surface area (Å²) in [6, 6.07) is 0.0719. The largest absolute Gasteiger partial charge is 0.469 e. The lowest BCUT2D eigenvalue weighted by atomic mass is 10.2. The number of carbonyl (C=O) groups excluding carboxylic acids is 1. The predicted octanol–water partition coefficient (Wildman–Crippen LogP) is 0.546. The van der Waals surface area contributed by atoms with E-state index in [4.69, 9.17) is 18.0 Å². The number of carbonyl (C=O) groups is 1. The number of hydrogen-bond acceptors (Lipinski definition) is 4. The Bertz CT molecular complexity index is 209. The Morgan fingerprint density at radius 2 is 2.21 bits per heavy atom. The van der Waals surface area contributed by atoms with Crippen molar-refractivity contribution < 1.29 is 9.53 Å². The highest BCUT2D eigenvalue weighted by Crippen LogP contribution is 2.00. The van der Waals surface area contributed by atoms with Crippen LogP contribution >= 0.6 is 12.2 Å². The second-order valence-corrected chi connectivity index (χ2v) is 3.71. The highest BCUT2D eigenvalue weighted by Gasteiger charge is 2.11. The summed E-state index contributed by atoms with van der Waals surface area (Å²) in [6.45, 7) is 2.73. The van der Waals surface area contributed by atoms with Crippen LogP contribution in [-0.2, 0) is 9.53 Å². The zero-order valence-corrected chi connectivity index (χ0v) is 9.76. The molecule has 4 nitrogen and oxygen atoms in total. The number of nitrogens with zero attached hydrogens (tertiary/aromatic N) is 1. The molecular weight excluding hydrogens is 200 g/mol. The average Bonchev–Trinajstić information content (AvgIpc) is 2.15. The minimum absolute atomic E-state index is 0.0719. The van der Waals surface area contributed by atoms with Crippen molar-refractivity contribution in [1.82, 2.24) is 4.90 Å². The van der Waals surface area contributed by atoms with Gasteiger partial charge in [0.15, 0.2) is 0 Å². The van der Waals surface area contributed by atoms with Crippen molar-refractivity contribution in [3.05, 3.63) is 0 Å². The Labute approximate surface area is 90.4 Å². The van der Waals surface area contributed by atoms with E-state index in [9.17, 15) is 4.79 Å². The average molecular weight is 218 g/mol. The molecule has 0 saturated carbocycles. The molecule has 0 bridgehead atoms. The van der Waals surface area contributed by atoms with Crippen LogP contribution in [0.25, 0.3) is 0 Å². The van der Waals surface area contributed by atoms with Crippen LogP contribution in [-0.4, -0.2) is 42.6 Å². The van der Waals surface area contributed by atoms with E-state index in [1.807, 2.05) is 18.9 Å². The summed E-state index contributed by atoms with van der Waals surface area (Å²) >= 11 is 4.86. The molecule has 0 aromatic rings. The van der Waals surface area contributed by atoms with Crippen molar-refractivity contribution in [1.29, 1.82) is 0 Å². The Morgan fingerprint density at radius 3 is 2.64 bits per heavy atom. The Hall–Kier alpha value is -0.680. The smallest absolute Gasteiger partial charge is 0.305 e. The molecule has 0 aliphatic heterocycles. The predicted molar refractivity (Wildman–Crippen MR) is 60.1 cm³/mol. The lowest BCUT2D eigenvalue weighted by Crippen LogP contribution is -2.39. The van der Waals surface area contributed by atoms with E-state index >= 15 is 0 Å². The first-order chi connectivity index (χ1) is 6.49. The quantitative estimate of drug-likeness (QED) is 0.521. The molecule has 0 fully saturated rings. The Balaban J connectivity index is 3.68. The summed E-state index contributed by atoms with van der Waals surface area (Å²) in [4.78, 5) is 13.3. The third kappa shape index (κ3) is 5.14. The maximum absolute atomic E-state index is 10.8. The summed E-state index contributed by atoms with van der Waals surface area (Å²) in [6.07, 6.45) is 1.20. The number of rotatable bonds is 6. The molecule has 0 rings (SSSR count). The lowest BCUT2D eigenvalue weighted by Gasteiger charge is -2.23. The van der Waals surface area contributed by atoms with Crippen LogP contribution in [0.4, 0.5) is 0 Å². The fraction of sp³-hybridized carbons (Fsp3) is 0.778. The Kier molecular flexibility index (Phi) is 6.40. The molecule has 0 aliphatic carbocycles. The molecule has 0 aromatic carbocycles. The van der Waals surface area contributed by atoms with E-state index in [0.717, 1.165) is 13.0 Å². The minimum Gasteiger partial charge on any atom is -0.469 e. The maximum Gasteiger partial charge on any atom is 0.305 e. The van der Waals surface area contributed by atoms with Gasteiger partial charge in [-0.15, -0.1) is 0 Å². The zero-order valence-electron chi connectivity index (χ0n) is 8.95. The van der Waals surface area contributed by atoms with Gasteiger partial charge in [-0.1, -0.05) is 12.2 Å². The van der Waals surface area contributed by atoms with E-state index in [0.29, 0.717) is 11.4 Å². The minimum atomic E-state index is -0.179.